The van der Waals surface area contributed by atoms with Crippen LogP contribution in [0, 0.1) is 6.92 Å². The van der Waals surface area contributed by atoms with Crippen LogP contribution < -0.4 is 9.64 Å². The van der Waals surface area contributed by atoms with Gasteiger partial charge in [-0.05, 0) is 30.7 Å². The minimum Gasteiger partial charge on any atom is -0.457 e. The Bertz CT molecular complexity index is 1350. The molecule has 2 aliphatic heterocycles. The Morgan fingerprint density at radius 1 is 1.06 bits per heavy atom. The monoisotopic (exact) mass is 519 g/mol. The van der Waals surface area contributed by atoms with Crippen LogP contribution in [0.25, 0.3) is 10.2 Å². The van der Waals surface area contributed by atoms with E-state index in [0.29, 0.717) is 41.4 Å². The van der Waals surface area contributed by atoms with E-state index in [2.05, 4.69) is 4.90 Å². The van der Waals surface area contributed by atoms with Gasteiger partial charge in [0.2, 0.25) is 5.91 Å². The summed E-state index contributed by atoms with van der Waals surface area (Å²) in [5.74, 6) is 0.926. The molecule has 0 bridgehead atoms. The van der Waals surface area contributed by atoms with Gasteiger partial charge in [-0.15, -0.1) is 0 Å². The zero-order valence-corrected chi connectivity index (χ0v) is 21.5. The van der Waals surface area contributed by atoms with Gasteiger partial charge in [0.25, 0.3) is 0 Å². The number of aromatic nitrogens is 1. The van der Waals surface area contributed by atoms with E-state index < -0.39 is 5.92 Å². The van der Waals surface area contributed by atoms with Crippen molar-refractivity contribution in [2.45, 2.75) is 12.8 Å². The molecular formula is C28H26ClN3O3S. The normalized spacial score (nSPS) is 15.8. The quantitative estimate of drug-likeness (QED) is 0.330. The number of ether oxygens (including phenoxy) is 2. The molecule has 8 heteroatoms. The Hall–Kier alpha value is -2.97. The summed E-state index contributed by atoms with van der Waals surface area (Å²) in [5.41, 5.74) is 3.62. The smallest absolute Gasteiger partial charge is 0.241 e. The third kappa shape index (κ3) is 4.26. The highest BCUT2D eigenvalue weighted by Gasteiger charge is 2.36. The van der Waals surface area contributed by atoms with Crippen molar-refractivity contribution < 1.29 is 14.3 Å². The molecule has 1 amide bonds. The second kappa shape index (κ2) is 9.82. The second-order valence-electron chi connectivity index (χ2n) is 9.09. The molecule has 3 heterocycles. The summed E-state index contributed by atoms with van der Waals surface area (Å²) in [5, 5.41) is 1.32. The summed E-state index contributed by atoms with van der Waals surface area (Å²) in [6.45, 7) is 6.43. The van der Waals surface area contributed by atoms with Gasteiger partial charge in [-0.2, -0.15) is 0 Å². The molecule has 0 aliphatic carbocycles. The molecule has 0 N–H and O–H groups in total. The van der Waals surface area contributed by atoms with Crippen molar-refractivity contribution in [3.63, 3.8) is 0 Å². The Kier molecular flexibility index (Phi) is 6.39. The number of halogens is 1. The molecule has 0 radical (unpaired) electrons. The number of nitrogens with zero attached hydrogens (tertiary/aromatic N) is 3. The Morgan fingerprint density at radius 3 is 2.39 bits per heavy atom. The lowest BCUT2D eigenvalue weighted by Gasteiger charge is -2.33. The van der Waals surface area contributed by atoms with E-state index in [1.807, 2.05) is 72.5 Å². The summed E-state index contributed by atoms with van der Waals surface area (Å²) in [7, 11) is 0. The first-order valence-corrected chi connectivity index (χ1v) is 13.3. The molecule has 0 atom stereocenters. The molecule has 1 saturated heterocycles. The van der Waals surface area contributed by atoms with Gasteiger partial charge in [0.05, 0.1) is 34.4 Å². The third-order valence-electron chi connectivity index (χ3n) is 6.85. The first-order valence-electron chi connectivity index (χ1n) is 12.1. The van der Waals surface area contributed by atoms with Crippen molar-refractivity contribution in [1.29, 1.82) is 0 Å². The van der Waals surface area contributed by atoms with E-state index in [9.17, 15) is 4.79 Å². The maximum absolute atomic E-state index is 14.5. The average Bonchev–Trinajstić information content (AvgIpc) is 3.36. The van der Waals surface area contributed by atoms with Gasteiger partial charge < -0.3 is 9.47 Å². The lowest BCUT2D eigenvalue weighted by molar-refractivity contribution is -0.119. The summed E-state index contributed by atoms with van der Waals surface area (Å²) in [6.07, 6.45) is 0. The molecular weight excluding hydrogens is 494 g/mol. The van der Waals surface area contributed by atoms with Gasteiger partial charge in [0.1, 0.15) is 11.5 Å². The molecule has 0 unspecified atom stereocenters. The molecule has 2 aliphatic rings. The lowest BCUT2D eigenvalue weighted by atomic mass is 9.87. The van der Waals surface area contributed by atoms with Crippen LogP contribution in [0.15, 0.2) is 60.7 Å². The highest BCUT2D eigenvalue weighted by atomic mass is 35.5. The number of benzene rings is 3. The van der Waals surface area contributed by atoms with Gasteiger partial charge in [-0.3, -0.25) is 14.6 Å². The maximum atomic E-state index is 14.5. The fourth-order valence-electron chi connectivity index (χ4n) is 4.90. The molecule has 4 aromatic rings. The summed E-state index contributed by atoms with van der Waals surface area (Å²) < 4.78 is 12.6. The number of aryl methyl sites for hydroxylation is 1. The molecule has 1 aromatic heterocycles. The predicted molar refractivity (Wildman–Crippen MR) is 144 cm³/mol. The van der Waals surface area contributed by atoms with E-state index in [1.54, 1.807) is 0 Å². The van der Waals surface area contributed by atoms with Crippen LogP contribution in [-0.4, -0.2) is 55.2 Å². The Balaban J connectivity index is 1.43. The molecule has 6 nitrogen and oxygen atoms in total. The Morgan fingerprint density at radius 2 is 1.72 bits per heavy atom. The van der Waals surface area contributed by atoms with Gasteiger partial charge >= 0.3 is 0 Å². The zero-order chi connectivity index (χ0) is 24.6. The number of carbonyl (C=O) groups excluding carboxylic acids is 1. The van der Waals surface area contributed by atoms with Crippen LogP contribution in [0.4, 0.5) is 5.13 Å². The first-order chi connectivity index (χ1) is 17.6. The number of fused-ring (bicyclic) bond motifs is 3. The minimum atomic E-state index is -0.487. The lowest BCUT2D eigenvalue weighted by Crippen LogP contribution is -2.44. The van der Waals surface area contributed by atoms with Gasteiger partial charge in [0, 0.05) is 37.3 Å². The van der Waals surface area contributed by atoms with Crippen LogP contribution in [0.1, 0.15) is 22.6 Å². The number of carbonyl (C=O) groups is 1. The molecule has 184 valence electrons. The van der Waals surface area contributed by atoms with Crippen molar-refractivity contribution in [2.75, 3.05) is 44.3 Å². The van der Waals surface area contributed by atoms with Crippen molar-refractivity contribution in [3.05, 3.63) is 82.4 Å². The van der Waals surface area contributed by atoms with Crippen molar-refractivity contribution in [1.82, 2.24) is 9.88 Å². The third-order valence-corrected chi connectivity index (χ3v) is 8.39. The fourth-order valence-corrected chi connectivity index (χ4v) is 6.25. The minimum absolute atomic E-state index is 0.0145. The standard InChI is InChI=1S/C28H26ClN3O3S/c1-18-10-11-21(29)26-25(18)30-28(36-26)32(13-12-31-14-16-34-17-15-31)27(33)24-19-6-2-4-8-22(19)35-23-9-5-3-7-20(23)24/h2-11,24H,12-17H2,1H3. The van der Waals surface area contributed by atoms with Crippen molar-refractivity contribution >= 4 is 44.2 Å². The first kappa shape index (κ1) is 23.4. The molecule has 1 fully saturated rings. The number of hydrogen-bond acceptors (Lipinski definition) is 6. The number of rotatable bonds is 5. The van der Waals surface area contributed by atoms with E-state index in [4.69, 9.17) is 26.1 Å². The molecule has 36 heavy (non-hydrogen) atoms. The maximum Gasteiger partial charge on any atom is 0.241 e. The number of anilines is 1. The highest BCUT2D eigenvalue weighted by molar-refractivity contribution is 7.23. The molecule has 3 aromatic carbocycles. The number of para-hydroxylation sites is 2. The van der Waals surface area contributed by atoms with Gasteiger partial charge in [-0.25, -0.2) is 4.98 Å². The SMILES string of the molecule is Cc1ccc(Cl)c2sc(N(CCN3CCOCC3)C(=O)C3c4ccccc4Oc4ccccc43)nc12. The summed E-state index contributed by atoms with van der Waals surface area (Å²) in [4.78, 5) is 23.6. The van der Waals surface area contributed by atoms with Crippen LogP contribution >= 0.6 is 22.9 Å². The molecule has 6 rings (SSSR count). The fraction of sp³-hybridized carbons (Fsp3) is 0.286. The zero-order valence-electron chi connectivity index (χ0n) is 19.9. The Labute approximate surface area is 219 Å². The van der Waals surface area contributed by atoms with E-state index in [0.717, 1.165) is 46.5 Å². The van der Waals surface area contributed by atoms with Gasteiger partial charge in [-0.1, -0.05) is 65.4 Å². The van der Waals surface area contributed by atoms with Crippen LogP contribution in [0.3, 0.4) is 0 Å². The highest BCUT2D eigenvalue weighted by Crippen LogP contribution is 2.46. The average molecular weight is 520 g/mol. The topological polar surface area (TPSA) is 54.9 Å². The van der Waals surface area contributed by atoms with Crippen molar-refractivity contribution in [3.8, 4) is 11.5 Å². The van der Waals surface area contributed by atoms with Gasteiger partial charge in [0.15, 0.2) is 5.13 Å². The summed E-state index contributed by atoms with van der Waals surface area (Å²) >= 11 is 8.01. The van der Waals surface area contributed by atoms with Crippen molar-refractivity contribution in [2.24, 2.45) is 0 Å². The number of thiazole rings is 1. The van der Waals surface area contributed by atoms with E-state index in [1.165, 1.54) is 11.3 Å². The largest absolute Gasteiger partial charge is 0.457 e. The number of hydrogen-bond donors (Lipinski definition) is 0. The van der Waals surface area contributed by atoms with Crippen LogP contribution in [0.5, 0.6) is 11.5 Å². The van der Waals surface area contributed by atoms with E-state index >= 15 is 0 Å². The second-order valence-corrected chi connectivity index (χ2v) is 10.5. The van der Waals surface area contributed by atoms with Crippen LogP contribution in [-0.2, 0) is 9.53 Å². The predicted octanol–water partition coefficient (Wildman–Crippen LogP) is 5.86. The summed E-state index contributed by atoms with van der Waals surface area (Å²) in [6, 6.07) is 19.4. The molecule has 0 spiro atoms. The van der Waals surface area contributed by atoms with E-state index in [-0.39, 0.29) is 5.91 Å². The van der Waals surface area contributed by atoms with Crippen LogP contribution in [0.2, 0.25) is 5.02 Å². The molecule has 0 saturated carbocycles. The number of morpholine rings is 1. The number of amides is 1.